The van der Waals surface area contributed by atoms with Crippen molar-refractivity contribution in [2.75, 3.05) is 13.1 Å². The van der Waals surface area contributed by atoms with E-state index >= 15 is 0 Å². The zero-order chi connectivity index (χ0) is 29.0. The maximum Gasteiger partial charge on any atom is 0.274 e. The van der Waals surface area contributed by atoms with E-state index in [2.05, 4.69) is 4.98 Å². The standard InChI is InChI=1S/C31H27N5O4S2/c1-20-17-34(18-21(2)40-20)42(38,39)25-12-8-9-22(15-25)29-23(19-35(33-29)24-10-4-3-5-11-24)16-28-30(37)36-27-14-7-6-13-26(27)32-31(36)41-28/h3-16,19-21H,17-18H2,1-2H3/b28-16-/t20-,21+. The third-order valence-electron chi connectivity index (χ3n) is 7.33. The van der Waals surface area contributed by atoms with Crippen LogP contribution < -0.4 is 10.1 Å². The summed E-state index contributed by atoms with van der Waals surface area (Å²) in [6, 6.07) is 24.0. The lowest BCUT2D eigenvalue weighted by atomic mass is 10.1. The number of para-hydroxylation sites is 3. The SMILES string of the molecule is C[C@@H]1CN(S(=O)(=O)c2cccc(-c3nn(-c4ccccc4)cc3/C=c3\sc4nc5ccccc5n4c3=O)c2)C[C@H](C)O1. The van der Waals surface area contributed by atoms with Crippen molar-refractivity contribution in [3.05, 3.63) is 106 Å². The average molecular weight is 598 g/mol. The molecule has 0 bridgehead atoms. The minimum Gasteiger partial charge on any atom is -0.373 e. The van der Waals surface area contributed by atoms with Crippen molar-refractivity contribution in [1.29, 1.82) is 0 Å². The van der Waals surface area contributed by atoms with Gasteiger partial charge in [0.15, 0.2) is 4.96 Å². The highest BCUT2D eigenvalue weighted by Crippen LogP contribution is 2.29. The molecule has 0 unspecified atom stereocenters. The van der Waals surface area contributed by atoms with Crippen LogP contribution in [0.3, 0.4) is 0 Å². The smallest absolute Gasteiger partial charge is 0.274 e. The summed E-state index contributed by atoms with van der Waals surface area (Å²) in [5.41, 5.74) is 4.10. The summed E-state index contributed by atoms with van der Waals surface area (Å²) in [6.45, 7) is 4.34. The Kier molecular flexibility index (Phi) is 6.54. The van der Waals surface area contributed by atoms with Gasteiger partial charge in [-0.05, 0) is 56.3 Å². The van der Waals surface area contributed by atoms with Crippen LogP contribution in [0.1, 0.15) is 19.4 Å². The van der Waals surface area contributed by atoms with Gasteiger partial charge in [-0.3, -0.25) is 4.79 Å². The molecule has 3 aromatic heterocycles. The van der Waals surface area contributed by atoms with E-state index in [-0.39, 0.29) is 22.7 Å². The Morgan fingerprint density at radius 1 is 0.952 bits per heavy atom. The molecule has 0 aliphatic carbocycles. The monoisotopic (exact) mass is 597 g/mol. The molecule has 0 saturated carbocycles. The van der Waals surface area contributed by atoms with Crippen LogP contribution in [0.15, 0.2) is 94.7 Å². The molecule has 0 amide bonds. The first kappa shape index (κ1) is 26.7. The molecule has 3 aromatic carbocycles. The van der Waals surface area contributed by atoms with Gasteiger partial charge in [-0.2, -0.15) is 9.40 Å². The van der Waals surface area contributed by atoms with Crippen LogP contribution in [0.25, 0.3) is 39.0 Å². The summed E-state index contributed by atoms with van der Waals surface area (Å²) in [4.78, 5) is 19.0. The second-order valence-electron chi connectivity index (χ2n) is 10.5. The van der Waals surface area contributed by atoms with E-state index in [0.717, 1.165) is 16.7 Å². The van der Waals surface area contributed by atoms with Gasteiger partial charge in [0.25, 0.3) is 5.56 Å². The molecule has 42 heavy (non-hydrogen) atoms. The van der Waals surface area contributed by atoms with Crippen molar-refractivity contribution < 1.29 is 13.2 Å². The lowest BCUT2D eigenvalue weighted by Crippen LogP contribution is -2.48. The Morgan fingerprint density at radius 2 is 1.69 bits per heavy atom. The molecule has 9 nitrogen and oxygen atoms in total. The Labute approximate surface area is 246 Å². The van der Waals surface area contributed by atoms with Crippen molar-refractivity contribution in [2.24, 2.45) is 0 Å². The lowest BCUT2D eigenvalue weighted by molar-refractivity contribution is -0.0440. The van der Waals surface area contributed by atoms with E-state index in [1.165, 1.54) is 15.6 Å². The van der Waals surface area contributed by atoms with E-state index in [1.54, 1.807) is 27.3 Å². The molecule has 4 heterocycles. The predicted octanol–water partition coefficient (Wildman–Crippen LogP) is 4.11. The molecule has 212 valence electrons. The molecule has 0 spiro atoms. The first-order valence-electron chi connectivity index (χ1n) is 13.6. The Hall–Kier alpha value is -4.16. The lowest BCUT2D eigenvalue weighted by Gasteiger charge is -2.34. The molecule has 6 aromatic rings. The summed E-state index contributed by atoms with van der Waals surface area (Å²) in [5, 5.41) is 4.86. The Balaban J connectivity index is 1.37. The quantitative estimate of drug-likeness (QED) is 0.297. The number of ether oxygens (including phenoxy) is 1. The molecule has 1 aliphatic heterocycles. The highest BCUT2D eigenvalue weighted by Gasteiger charge is 2.32. The minimum atomic E-state index is -3.76. The van der Waals surface area contributed by atoms with E-state index in [9.17, 15) is 13.2 Å². The predicted molar refractivity (Wildman–Crippen MR) is 163 cm³/mol. The first-order valence-corrected chi connectivity index (χ1v) is 15.9. The Morgan fingerprint density at radius 3 is 2.48 bits per heavy atom. The van der Waals surface area contributed by atoms with Crippen LogP contribution in [0.2, 0.25) is 0 Å². The number of imidazole rings is 1. The van der Waals surface area contributed by atoms with Gasteiger partial charge in [0, 0.05) is 30.4 Å². The summed E-state index contributed by atoms with van der Waals surface area (Å²) < 4.78 is 38.5. The summed E-state index contributed by atoms with van der Waals surface area (Å²) in [7, 11) is -3.76. The van der Waals surface area contributed by atoms with Gasteiger partial charge in [-0.25, -0.2) is 22.5 Å². The number of thiazole rings is 1. The number of nitrogens with zero attached hydrogens (tertiary/aromatic N) is 5. The van der Waals surface area contributed by atoms with E-state index in [4.69, 9.17) is 9.84 Å². The molecule has 1 fully saturated rings. The number of morpholine rings is 1. The third kappa shape index (κ3) is 4.64. The van der Waals surface area contributed by atoms with Gasteiger partial charge < -0.3 is 4.74 Å². The maximum absolute atomic E-state index is 13.7. The van der Waals surface area contributed by atoms with Gasteiger partial charge >= 0.3 is 0 Å². The highest BCUT2D eigenvalue weighted by atomic mass is 32.2. The van der Waals surface area contributed by atoms with E-state index in [0.29, 0.717) is 39.4 Å². The molecule has 2 atom stereocenters. The average Bonchev–Trinajstić information content (AvgIpc) is 3.66. The van der Waals surface area contributed by atoms with Crippen LogP contribution in [0, 0.1) is 0 Å². The molecular weight excluding hydrogens is 571 g/mol. The fourth-order valence-electron chi connectivity index (χ4n) is 5.46. The van der Waals surface area contributed by atoms with Gasteiger partial charge in [0.1, 0.15) is 5.69 Å². The van der Waals surface area contributed by atoms with Gasteiger partial charge in [-0.1, -0.05) is 53.8 Å². The van der Waals surface area contributed by atoms with Crippen LogP contribution in [-0.4, -0.2) is 57.2 Å². The van der Waals surface area contributed by atoms with Gasteiger partial charge in [0.2, 0.25) is 10.0 Å². The number of rotatable bonds is 5. The maximum atomic E-state index is 13.7. The van der Waals surface area contributed by atoms with Crippen LogP contribution >= 0.6 is 11.3 Å². The van der Waals surface area contributed by atoms with E-state index < -0.39 is 10.0 Å². The van der Waals surface area contributed by atoms with Crippen molar-refractivity contribution in [3.8, 4) is 16.9 Å². The van der Waals surface area contributed by atoms with Crippen molar-refractivity contribution >= 4 is 43.4 Å². The molecule has 0 N–H and O–H groups in total. The number of benzene rings is 3. The molecule has 11 heteroatoms. The summed E-state index contributed by atoms with van der Waals surface area (Å²) >= 11 is 1.31. The number of hydrogen-bond acceptors (Lipinski definition) is 7. The van der Waals surface area contributed by atoms with Crippen molar-refractivity contribution in [3.63, 3.8) is 0 Å². The molecular formula is C31H27N5O4S2. The minimum absolute atomic E-state index is 0.158. The second-order valence-corrected chi connectivity index (χ2v) is 13.4. The second kappa shape index (κ2) is 10.3. The van der Waals surface area contributed by atoms with Crippen LogP contribution in [0.4, 0.5) is 0 Å². The normalized spacial score (nSPS) is 18.8. The summed E-state index contributed by atoms with van der Waals surface area (Å²) in [6.07, 6.45) is 3.28. The molecule has 1 saturated heterocycles. The topological polar surface area (TPSA) is 98.8 Å². The van der Waals surface area contributed by atoms with E-state index in [1.807, 2.05) is 86.8 Å². The van der Waals surface area contributed by atoms with Crippen LogP contribution in [0.5, 0.6) is 0 Å². The van der Waals surface area contributed by atoms with Gasteiger partial charge in [0.05, 0.1) is 38.4 Å². The third-order valence-corrected chi connectivity index (χ3v) is 10.1. The van der Waals surface area contributed by atoms with Crippen molar-refractivity contribution in [2.45, 2.75) is 31.0 Å². The molecule has 0 radical (unpaired) electrons. The molecule has 1 aliphatic rings. The first-order chi connectivity index (χ1) is 20.3. The van der Waals surface area contributed by atoms with Crippen molar-refractivity contribution in [1.82, 2.24) is 23.5 Å². The molecule has 7 rings (SSSR count). The summed E-state index contributed by atoms with van der Waals surface area (Å²) in [5.74, 6) is 0. The van der Waals surface area contributed by atoms with Gasteiger partial charge in [-0.15, -0.1) is 0 Å². The number of aromatic nitrogens is 4. The number of hydrogen-bond donors (Lipinski definition) is 0. The fraction of sp³-hybridized carbons (Fsp3) is 0.194. The number of sulfonamides is 1. The zero-order valence-electron chi connectivity index (χ0n) is 22.9. The zero-order valence-corrected chi connectivity index (χ0v) is 24.5. The Bertz CT molecular complexity index is 2160. The number of fused-ring (bicyclic) bond motifs is 3. The van der Waals surface area contributed by atoms with Crippen LogP contribution in [-0.2, 0) is 14.8 Å². The fourth-order valence-corrected chi connectivity index (χ4v) is 8.08. The highest BCUT2D eigenvalue weighted by molar-refractivity contribution is 7.89. The largest absolute Gasteiger partial charge is 0.373 e.